The summed E-state index contributed by atoms with van der Waals surface area (Å²) in [6.45, 7) is 3.06. The van der Waals surface area contributed by atoms with Crippen LogP contribution in [0.1, 0.15) is 33.5 Å². The Hall–Kier alpha value is -1.39. The van der Waals surface area contributed by atoms with Crippen LogP contribution >= 0.6 is 0 Å². The van der Waals surface area contributed by atoms with Crippen molar-refractivity contribution < 1.29 is 14.3 Å². The molecule has 20 heavy (non-hydrogen) atoms. The molecule has 1 aliphatic carbocycles. The number of benzene rings is 1. The van der Waals surface area contributed by atoms with Gasteiger partial charge in [0.1, 0.15) is 0 Å². The first-order valence-corrected chi connectivity index (χ1v) is 7.08. The second-order valence-corrected chi connectivity index (χ2v) is 5.26. The van der Waals surface area contributed by atoms with Gasteiger partial charge in [0.15, 0.2) is 0 Å². The standard InChI is InChI=1S/C16H23NO3/c1-11-7-8-15(14-6-4-5-13(11)14)16(18)17-9-12(20-3)10-19-2/h7-8,12H,4-6,9-10H2,1-3H3,(H,17,18). The molecule has 0 fully saturated rings. The van der Waals surface area contributed by atoms with Crippen LogP contribution < -0.4 is 5.32 Å². The van der Waals surface area contributed by atoms with E-state index in [9.17, 15) is 4.79 Å². The number of amides is 1. The van der Waals surface area contributed by atoms with Gasteiger partial charge in [0.2, 0.25) is 0 Å². The minimum absolute atomic E-state index is 0.0127. The fraction of sp³-hybridized carbons (Fsp3) is 0.562. The van der Waals surface area contributed by atoms with Gasteiger partial charge in [0.05, 0.1) is 12.7 Å². The van der Waals surface area contributed by atoms with Crippen molar-refractivity contribution in [3.8, 4) is 0 Å². The maximum atomic E-state index is 12.3. The van der Waals surface area contributed by atoms with Gasteiger partial charge < -0.3 is 14.8 Å². The molecule has 0 saturated carbocycles. The minimum Gasteiger partial charge on any atom is -0.382 e. The van der Waals surface area contributed by atoms with Gasteiger partial charge in [-0.25, -0.2) is 0 Å². The highest BCUT2D eigenvalue weighted by atomic mass is 16.5. The molecule has 1 amide bonds. The summed E-state index contributed by atoms with van der Waals surface area (Å²) in [5.74, 6) is -0.0127. The Morgan fingerprint density at radius 1 is 1.30 bits per heavy atom. The summed E-state index contributed by atoms with van der Waals surface area (Å²) in [5, 5.41) is 2.94. The van der Waals surface area contributed by atoms with Crippen molar-refractivity contribution in [2.24, 2.45) is 0 Å². The molecule has 0 spiro atoms. The Labute approximate surface area is 120 Å². The molecule has 0 aromatic heterocycles. The Kier molecular flexibility index (Phi) is 5.15. The molecule has 1 N–H and O–H groups in total. The average molecular weight is 277 g/mol. The molecule has 1 aromatic rings. The molecule has 0 aliphatic heterocycles. The molecule has 4 heteroatoms. The zero-order valence-corrected chi connectivity index (χ0v) is 12.5. The predicted molar refractivity (Wildman–Crippen MR) is 78.2 cm³/mol. The Morgan fingerprint density at radius 3 is 2.75 bits per heavy atom. The van der Waals surface area contributed by atoms with E-state index in [0.29, 0.717) is 13.2 Å². The quantitative estimate of drug-likeness (QED) is 0.863. The number of ether oxygens (including phenoxy) is 2. The average Bonchev–Trinajstić information content (AvgIpc) is 2.93. The van der Waals surface area contributed by atoms with Crippen LogP contribution in [0, 0.1) is 6.92 Å². The topological polar surface area (TPSA) is 47.6 Å². The Balaban J connectivity index is 2.05. The number of carbonyl (C=O) groups is 1. The monoisotopic (exact) mass is 277 g/mol. The summed E-state index contributed by atoms with van der Waals surface area (Å²) in [6.07, 6.45) is 3.13. The molecular formula is C16H23NO3. The van der Waals surface area contributed by atoms with Crippen molar-refractivity contribution in [2.75, 3.05) is 27.4 Å². The normalized spacial score (nSPS) is 14.9. The first-order valence-electron chi connectivity index (χ1n) is 7.08. The van der Waals surface area contributed by atoms with E-state index in [2.05, 4.69) is 12.2 Å². The fourth-order valence-electron chi connectivity index (χ4n) is 2.80. The lowest BCUT2D eigenvalue weighted by Gasteiger charge is -2.16. The fourth-order valence-corrected chi connectivity index (χ4v) is 2.80. The molecule has 0 radical (unpaired) electrons. The number of carbonyl (C=O) groups excluding carboxylic acids is 1. The Bertz CT molecular complexity index is 485. The first kappa shape index (κ1) is 15.0. The lowest BCUT2D eigenvalue weighted by Crippen LogP contribution is -2.36. The van der Waals surface area contributed by atoms with Gasteiger partial charge in [-0.2, -0.15) is 0 Å². The molecule has 0 bridgehead atoms. The summed E-state index contributed by atoms with van der Waals surface area (Å²) in [5.41, 5.74) is 4.69. The molecule has 4 nitrogen and oxygen atoms in total. The van der Waals surface area contributed by atoms with Crippen molar-refractivity contribution in [1.82, 2.24) is 5.32 Å². The van der Waals surface area contributed by atoms with E-state index in [-0.39, 0.29) is 12.0 Å². The molecule has 1 atom stereocenters. The van der Waals surface area contributed by atoms with Crippen LogP contribution in [0.15, 0.2) is 12.1 Å². The minimum atomic E-state index is -0.109. The molecule has 1 aromatic carbocycles. The largest absolute Gasteiger partial charge is 0.382 e. The van der Waals surface area contributed by atoms with E-state index in [4.69, 9.17) is 9.47 Å². The van der Waals surface area contributed by atoms with Gasteiger partial charge in [-0.1, -0.05) is 6.07 Å². The van der Waals surface area contributed by atoms with Gasteiger partial charge in [-0.15, -0.1) is 0 Å². The highest BCUT2D eigenvalue weighted by Crippen LogP contribution is 2.28. The highest BCUT2D eigenvalue weighted by molar-refractivity contribution is 5.96. The second-order valence-electron chi connectivity index (χ2n) is 5.26. The SMILES string of the molecule is COCC(CNC(=O)c1ccc(C)c2c1CCC2)OC. The molecule has 110 valence electrons. The molecule has 1 aliphatic rings. The molecule has 2 rings (SSSR count). The zero-order valence-electron chi connectivity index (χ0n) is 12.5. The van der Waals surface area contributed by atoms with Crippen molar-refractivity contribution >= 4 is 5.91 Å². The summed E-state index contributed by atoms with van der Waals surface area (Å²) in [7, 11) is 3.25. The number of rotatable bonds is 6. The van der Waals surface area contributed by atoms with E-state index in [1.807, 2.05) is 12.1 Å². The summed E-state index contributed by atoms with van der Waals surface area (Å²) < 4.78 is 10.3. The maximum Gasteiger partial charge on any atom is 0.251 e. The van der Waals surface area contributed by atoms with Crippen LogP contribution in [0.5, 0.6) is 0 Å². The number of aryl methyl sites for hydroxylation is 1. The van der Waals surface area contributed by atoms with Crippen LogP contribution in [0.3, 0.4) is 0 Å². The van der Waals surface area contributed by atoms with Gasteiger partial charge in [0.25, 0.3) is 5.91 Å². The smallest absolute Gasteiger partial charge is 0.251 e. The number of methoxy groups -OCH3 is 2. The van der Waals surface area contributed by atoms with Crippen molar-refractivity contribution in [3.63, 3.8) is 0 Å². The molecule has 1 unspecified atom stereocenters. The lowest BCUT2D eigenvalue weighted by atomic mass is 9.98. The van der Waals surface area contributed by atoms with E-state index in [1.165, 1.54) is 16.7 Å². The van der Waals surface area contributed by atoms with E-state index in [0.717, 1.165) is 24.8 Å². The Morgan fingerprint density at radius 2 is 2.05 bits per heavy atom. The van der Waals surface area contributed by atoms with Gasteiger partial charge >= 0.3 is 0 Å². The predicted octanol–water partition coefficient (Wildman–Crippen LogP) is 1.87. The third-order valence-corrected chi connectivity index (χ3v) is 3.94. The third kappa shape index (κ3) is 3.19. The molecular weight excluding hydrogens is 254 g/mol. The van der Waals surface area contributed by atoms with Crippen molar-refractivity contribution in [2.45, 2.75) is 32.3 Å². The number of fused-ring (bicyclic) bond motifs is 1. The number of hydrogen-bond donors (Lipinski definition) is 1. The van der Waals surface area contributed by atoms with Crippen LogP contribution in [0.4, 0.5) is 0 Å². The van der Waals surface area contributed by atoms with Gasteiger partial charge in [-0.3, -0.25) is 4.79 Å². The lowest BCUT2D eigenvalue weighted by molar-refractivity contribution is 0.0285. The highest BCUT2D eigenvalue weighted by Gasteiger charge is 2.21. The van der Waals surface area contributed by atoms with Crippen molar-refractivity contribution in [3.05, 3.63) is 34.4 Å². The van der Waals surface area contributed by atoms with Crippen molar-refractivity contribution in [1.29, 1.82) is 0 Å². The molecule has 0 saturated heterocycles. The first-order chi connectivity index (χ1) is 9.67. The van der Waals surface area contributed by atoms with Gasteiger partial charge in [0, 0.05) is 26.3 Å². The van der Waals surface area contributed by atoms with Crippen LogP contribution in [0.2, 0.25) is 0 Å². The summed E-state index contributed by atoms with van der Waals surface area (Å²) >= 11 is 0. The number of nitrogens with one attached hydrogen (secondary N) is 1. The van der Waals surface area contributed by atoms with Crippen LogP contribution in [0.25, 0.3) is 0 Å². The van der Waals surface area contributed by atoms with Crippen LogP contribution in [-0.4, -0.2) is 39.4 Å². The van der Waals surface area contributed by atoms with Crippen LogP contribution in [-0.2, 0) is 22.3 Å². The van der Waals surface area contributed by atoms with Gasteiger partial charge in [-0.05, 0) is 48.9 Å². The van der Waals surface area contributed by atoms with E-state index >= 15 is 0 Å². The summed E-state index contributed by atoms with van der Waals surface area (Å²) in [4.78, 5) is 12.3. The maximum absolute atomic E-state index is 12.3. The third-order valence-electron chi connectivity index (χ3n) is 3.94. The summed E-state index contributed by atoms with van der Waals surface area (Å²) in [6, 6.07) is 3.98. The van der Waals surface area contributed by atoms with E-state index < -0.39 is 0 Å². The molecule has 0 heterocycles. The zero-order chi connectivity index (χ0) is 14.5. The number of hydrogen-bond acceptors (Lipinski definition) is 3. The second kappa shape index (κ2) is 6.86. The van der Waals surface area contributed by atoms with E-state index in [1.54, 1.807) is 14.2 Å².